The number of rotatable bonds is 3. The molecule has 0 aromatic heterocycles. The van der Waals surface area contributed by atoms with Crippen LogP contribution in [0.25, 0.3) is 0 Å². The molecule has 1 aliphatic rings. The summed E-state index contributed by atoms with van der Waals surface area (Å²) in [5.74, 6) is 0. The Balaban J connectivity index is 2.12. The molecule has 1 heterocycles. The second kappa shape index (κ2) is 4.95. The Hall–Kier alpha value is -0.900. The number of hydrogen-bond donors (Lipinski definition) is 0. The van der Waals surface area contributed by atoms with Crippen LogP contribution >= 0.6 is 0 Å². The first kappa shape index (κ1) is 11.6. The van der Waals surface area contributed by atoms with Gasteiger partial charge in [0.25, 0.3) is 0 Å². The first-order valence-electron chi connectivity index (χ1n) is 6.00. The van der Waals surface area contributed by atoms with Gasteiger partial charge in [0.1, 0.15) is 24.9 Å². The summed E-state index contributed by atoms with van der Waals surface area (Å²) in [6.45, 7) is 3.78. The lowest BCUT2D eigenvalue weighted by atomic mass is 10.1. The van der Waals surface area contributed by atoms with Gasteiger partial charge in [0.2, 0.25) is 0 Å². The molecule has 0 aliphatic carbocycles. The quantitative estimate of drug-likeness (QED) is 0.580. The average molecular weight is 221 g/mol. The van der Waals surface area contributed by atoms with Crippen LogP contribution in [-0.2, 0) is 4.74 Å². The Morgan fingerprint density at radius 2 is 2.12 bits per heavy atom. The molecule has 3 heteroatoms. The molecule has 2 rings (SSSR count). The highest BCUT2D eigenvalue weighted by molar-refractivity contribution is 5.43. The molecule has 0 amide bonds. The molecule has 0 bridgehead atoms. The molecule has 1 aromatic rings. The number of quaternary nitrogens is 1. The summed E-state index contributed by atoms with van der Waals surface area (Å²) < 4.78 is 5.39. The molecule has 1 aromatic carbocycles. The molecule has 88 valence electrons. The number of morpholine rings is 1. The van der Waals surface area contributed by atoms with E-state index in [1.54, 1.807) is 0 Å². The Bertz CT molecular complexity index is 326. The third-order valence-electron chi connectivity index (χ3n) is 3.14. The smallest absolute Gasteiger partial charge is 0.132 e. The second-order valence-corrected chi connectivity index (χ2v) is 4.41. The average Bonchev–Trinajstić information content (AvgIpc) is 2.31. The molecule has 1 saturated heterocycles. The number of nitrogens with zero attached hydrogens (tertiary/aromatic N) is 1. The third-order valence-corrected chi connectivity index (χ3v) is 3.14. The van der Waals surface area contributed by atoms with E-state index in [0.717, 1.165) is 18.5 Å². The summed E-state index contributed by atoms with van der Waals surface area (Å²) in [4.78, 5) is 0. The van der Waals surface area contributed by atoms with Gasteiger partial charge in [0.05, 0.1) is 6.61 Å². The van der Waals surface area contributed by atoms with Gasteiger partial charge in [-0.15, -0.1) is 0 Å². The molecule has 0 saturated carbocycles. The largest absolute Gasteiger partial charge is 0.627 e. The molecule has 0 radical (unpaired) electrons. The normalized spacial score (nSPS) is 30.2. The van der Waals surface area contributed by atoms with Crippen molar-refractivity contribution in [1.29, 1.82) is 0 Å². The van der Waals surface area contributed by atoms with Crippen molar-refractivity contribution in [2.45, 2.75) is 25.9 Å². The van der Waals surface area contributed by atoms with Crippen molar-refractivity contribution >= 4 is 5.69 Å². The van der Waals surface area contributed by atoms with Crippen molar-refractivity contribution < 1.29 is 4.74 Å². The highest BCUT2D eigenvalue weighted by Crippen LogP contribution is 2.26. The van der Waals surface area contributed by atoms with Crippen LogP contribution in [-0.4, -0.2) is 25.8 Å². The van der Waals surface area contributed by atoms with E-state index in [-0.39, 0.29) is 10.8 Å². The molecule has 2 unspecified atom stereocenters. The summed E-state index contributed by atoms with van der Waals surface area (Å²) in [7, 11) is 0. The predicted molar refractivity (Wildman–Crippen MR) is 66.0 cm³/mol. The molecule has 1 fully saturated rings. The Kier molecular flexibility index (Phi) is 3.59. The Morgan fingerprint density at radius 1 is 1.38 bits per heavy atom. The zero-order valence-corrected chi connectivity index (χ0v) is 9.76. The highest BCUT2D eigenvalue weighted by Gasteiger charge is 2.29. The van der Waals surface area contributed by atoms with Crippen LogP contribution in [0, 0.1) is 5.21 Å². The SMILES string of the molecule is CCCC1C[N+]([O-])(c2ccccc2)CCO1. The van der Waals surface area contributed by atoms with Crippen molar-refractivity contribution in [1.82, 2.24) is 4.65 Å². The summed E-state index contributed by atoms with van der Waals surface area (Å²) >= 11 is 0. The minimum absolute atomic E-state index is 0.122. The van der Waals surface area contributed by atoms with E-state index in [1.165, 1.54) is 0 Å². The van der Waals surface area contributed by atoms with E-state index in [0.29, 0.717) is 19.7 Å². The monoisotopic (exact) mass is 221 g/mol. The van der Waals surface area contributed by atoms with E-state index in [4.69, 9.17) is 4.74 Å². The molecule has 0 N–H and O–H groups in total. The van der Waals surface area contributed by atoms with Gasteiger partial charge < -0.3 is 14.6 Å². The van der Waals surface area contributed by atoms with Gasteiger partial charge in [-0.2, -0.15) is 0 Å². The zero-order chi connectivity index (χ0) is 11.4. The molecule has 3 nitrogen and oxygen atoms in total. The van der Waals surface area contributed by atoms with Crippen LogP contribution in [0.1, 0.15) is 19.8 Å². The standard InChI is InChI=1S/C13H19NO2/c1-2-6-13-11-14(15,9-10-16-13)12-7-4-3-5-8-12/h3-5,7-8,13H,2,6,9-11H2,1H3. The number of hydroxylamine groups is 2. The van der Waals surface area contributed by atoms with Crippen LogP contribution in [0.4, 0.5) is 5.69 Å². The van der Waals surface area contributed by atoms with Crippen molar-refractivity contribution in [3.8, 4) is 0 Å². The van der Waals surface area contributed by atoms with Crippen molar-refractivity contribution in [3.05, 3.63) is 35.5 Å². The van der Waals surface area contributed by atoms with Gasteiger partial charge in [-0.05, 0) is 18.6 Å². The molecule has 0 spiro atoms. The van der Waals surface area contributed by atoms with E-state index in [2.05, 4.69) is 6.92 Å². The summed E-state index contributed by atoms with van der Waals surface area (Å²) in [6.07, 6.45) is 2.17. The molecular weight excluding hydrogens is 202 g/mol. The summed E-state index contributed by atoms with van der Waals surface area (Å²) in [6, 6.07) is 9.64. The van der Waals surface area contributed by atoms with Crippen molar-refractivity contribution in [2.24, 2.45) is 0 Å². The molecule has 2 atom stereocenters. The molecular formula is C13H19NO2. The Morgan fingerprint density at radius 3 is 2.81 bits per heavy atom. The van der Waals surface area contributed by atoms with Gasteiger partial charge in [-0.25, -0.2) is 0 Å². The minimum Gasteiger partial charge on any atom is -0.627 e. The zero-order valence-electron chi connectivity index (χ0n) is 9.76. The van der Waals surface area contributed by atoms with Crippen LogP contribution in [0.15, 0.2) is 30.3 Å². The van der Waals surface area contributed by atoms with Crippen LogP contribution < -0.4 is 4.65 Å². The fraction of sp³-hybridized carbons (Fsp3) is 0.538. The van der Waals surface area contributed by atoms with E-state index >= 15 is 0 Å². The van der Waals surface area contributed by atoms with Crippen LogP contribution in [0.2, 0.25) is 0 Å². The first-order valence-corrected chi connectivity index (χ1v) is 6.00. The van der Waals surface area contributed by atoms with Crippen molar-refractivity contribution in [2.75, 3.05) is 19.7 Å². The van der Waals surface area contributed by atoms with Gasteiger partial charge in [-0.1, -0.05) is 31.5 Å². The minimum atomic E-state index is -0.231. The van der Waals surface area contributed by atoms with Crippen LogP contribution in [0.5, 0.6) is 0 Å². The maximum atomic E-state index is 12.7. The number of ether oxygens (including phenoxy) is 1. The topological polar surface area (TPSA) is 32.3 Å². The lowest BCUT2D eigenvalue weighted by Crippen LogP contribution is -2.55. The fourth-order valence-corrected chi connectivity index (χ4v) is 2.27. The van der Waals surface area contributed by atoms with Gasteiger partial charge in [0, 0.05) is 0 Å². The number of benzene rings is 1. The number of para-hydroxylation sites is 1. The predicted octanol–water partition coefficient (Wildman–Crippen LogP) is 2.69. The van der Waals surface area contributed by atoms with Gasteiger partial charge in [0.15, 0.2) is 0 Å². The first-order chi connectivity index (χ1) is 7.74. The lowest BCUT2D eigenvalue weighted by molar-refractivity contribution is -0.0143. The van der Waals surface area contributed by atoms with Gasteiger partial charge in [-0.3, -0.25) is 0 Å². The maximum absolute atomic E-state index is 12.7. The Labute approximate surface area is 96.8 Å². The third kappa shape index (κ3) is 2.43. The summed E-state index contributed by atoms with van der Waals surface area (Å²) in [5.41, 5.74) is 0.854. The molecule has 1 aliphatic heterocycles. The van der Waals surface area contributed by atoms with E-state index in [9.17, 15) is 5.21 Å². The lowest BCUT2D eigenvalue weighted by Gasteiger charge is -2.47. The second-order valence-electron chi connectivity index (χ2n) is 4.41. The van der Waals surface area contributed by atoms with E-state index in [1.807, 2.05) is 30.3 Å². The summed E-state index contributed by atoms with van der Waals surface area (Å²) in [5, 5.41) is 12.7. The van der Waals surface area contributed by atoms with Crippen molar-refractivity contribution in [3.63, 3.8) is 0 Å². The van der Waals surface area contributed by atoms with Gasteiger partial charge >= 0.3 is 0 Å². The molecule has 16 heavy (non-hydrogen) atoms. The van der Waals surface area contributed by atoms with E-state index < -0.39 is 0 Å². The fourth-order valence-electron chi connectivity index (χ4n) is 2.27. The number of hydrogen-bond acceptors (Lipinski definition) is 2. The van der Waals surface area contributed by atoms with Crippen LogP contribution in [0.3, 0.4) is 0 Å². The maximum Gasteiger partial charge on any atom is 0.132 e. The highest BCUT2D eigenvalue weighted by atomic mass is 16.6.